The quantitative estimate of drug-likeness (QED) is 0.409. The molecule has 0 spiro atoms. The van der Waals surface area contributed by atoms with Crippen molar-refractivity contribution in [3.05, 3.63) is 58.9 Å². The van der Waals surface area contributed by atoms with E-state index >= 15 is 0 Å². The van der Waals surface area contributed by atoms with Gasteiger partial charge >= 0.3 is 0 Å². The second-order valence-corrected chi connectivity index (χ2v) is 8.94. The number of fused-ring (bicyclic) bond motifs is 1. The third kappa shape index (κ3) is 5.64. The van der Waals surface area contributed by atoms with Crippen molar-refractivity contribution in [2.45, 2.75) is 36.9 Å². The van der Waals surface area contributed by atoms with Gasteiger partial charge in [-0.1, -0.05) is 37.7 Å². The topological polar surface area (TPSA) is 64.0 Å². The zero-order valence-corrected chi connectivity index (χ0v) is 18.5. The van der Waals surface area contributed by atoms with E-state index in [1.807, 2.05) is 48.7 Å². The van der Waals surface area contributed by atoms with Gasteiger partial charge in [-0.25, -0.2) is 4.98 Å². The molecule has 1 aromatic heterocycles. The minimum atomic E-state index is -0.121. The van der Waals surface area contributed by atoms with E-state index in [-0.39, 0.29) is 17.2 Å². The van der Waals surface area contributed by atoms with Crippen LogP contribution in [0, 0.1) is 5.92 Å². The number of carbonyl (C=O) groups excluding carboxylic acids is 1. The lowest BCUT2D eigenvalue weighted by atomic mass is 10.1. The van der Waals surface area contributed by atoms with Gasteiger partial charge in [0, 0.05) is 17.1 Å². The smallest absolute Gasteiger partial charge is 0.262 e. The lowest BCUT2D eigenvalue weighted by Gasteiger charge is -2.14. The standard InChI is InChI=1S/C22H25N3O2S2/c1-15(2)12-13-25-21(27)18-6-4-5-7-19(18)24-22(25)29-14-20(26)23-16-8-10-17(28-3)11-9-16/h4-11,15H,12-14H2,1-3H3,(H,23,26). The molecule has 0 bridgehead atoms. The predicted molar refractivity (Wildman–Crippen MR) is 123 cm³/mol. The molecule has 0 aliphatic heterocycles. The maximum atomic E-state index is 13.0. The SMILES string of the molecule is CSc1ccc(NC(=O)CSc2nc3ccccc3c(=O)n2CCC(C)C)cc1. The van der Waals surface area contributed by atoms with Gasteiger partial charge in [-0.2, -0.15) is 0 Å². The molecule has 1 heterocycles. The third-order valence-corrected chi connectivity index (χ3v) is 6.18. The molecule has 0 aliphatic carbocycles. The fraction of sp³-hybridized carbons (Fsp3) is 0.318. The molecular formula is C22H25N3O2S2. The van der Waals surface area contributed by atoms with E-state index in [9.17, 15) is 9.59 Å². The molecule has 7 heteroatoms. The second-order valence-electron chi connectivity index (χ2n) is 7.12. The van der Waals surface area contributed by atoms with Gasteiger partial charge in [0.15, 0.2) is 5.16 Å². The molecule has 2 aromatic carbocycles. The summed E-state index contributed by atoms with van der Waals surface area (Å²) in [4.78, 5) is 31.2. The maximum Gasteiger partial charge on any atom is 0.262 e. The number of aromatic nitrogens is 2. The summed E-state index contributed by atoms with van der Waals surface area (Å²) in [6.45, 7) is 4.85. The van der Waals surface area contributed by atoms with Crippen LogP contribution in [0.25, 0.3) is 10.9 Å². The van der Waals surface area contributed by atoms with E-state index in [1.165, 1.54) is 11.8 Å². The number of carbonyl (C=O) groups is 1. The second kappa shape index (κ2) is 9.98. The first kappa shape index (κ1) is 21.5. The van der Waals surface area contributed by atoms with Crippen molar-refractivity contribution in [3.8, 4) is 0 Å². The number of thioether (sulfide) groups is 2. The number of nitrogens with zero attached hydrogens (tertiary/aromatic N) is 2. The van der Waals surface area contributed by atoms with Crippen molar-refractivity contribution >= 4 is 46.0 Å². The Balaban J connectivity index is 1.77. The maximum absolute atomic E-state index is 13.0. The van der Waals surface area contributed by atoms with Crippen molar-refractivity contribution in [3.63, 3.8) is 0 Å². The number of amides is 1. The summed E-state index contributed by atoms with van der Waals surface area (Å²) >= 11 is 2.96. The lowest BCUT2D eigenvalue weighted by Crippen LogP contribution is -2.25. The molecule has 0 unspecified atom stereocenters. The number of para-hydroxylation sites is 1. The van der Waals surface area contributed by atoms with Crippen LogP contribution < -0.4 is 10.9 Å². The Morgan fingerprint density at radius 3 is 2.55 bits per heavy atom. The van der Waals surface area contributed by atoms with Crippen LogP contribution in [0.5, 0.6) is 0 Å². The van der Waals surface area contributed by atoms with Gasteiger partial charge in [0.05, 0.1) is 16.7 Å². The fourth-order valence-corrected chi connectivity index (χ4v) is 4.08. The molecular weight excluding hydrogens is 402 g/mol. The van der Waals surface area contributed by atoms with Crippen LogP contribution in [-0.2, 0) is 11.3 Å². The van der Waals surface area contributed by atoms with Crippen molar-refractivity contribution in [1.82, 2.24) is 9.55 Å². The molecule has 0 atom stereocenters. The molecule has 0 saturated carbocycles. The first-order chi connectivity index (χ1) is 14.0. The Morgan fingerprint density at radius 2 is 1.86 bits per heavy atom. The van der Waals surface area contributed by atoms with E-state index in [4.69, 9.17) is 0 Å². The molecule has 29 heavy (non-hydrogen) atoms. The number of hydrogen-bond acceptors (Lipinski definition) is 5. The minimum absolute atomic E-state index is 0.0492. The first-order valence-electron chi connectivity index (χ1n) is 9.54. The Labute approximate surface area is 179 Å². The number of hydrogen-bond donors (Lipinski definition) is 1. The number of nitrogens with one attached hydrogen (secondary N) is 1. The van der Waals surface area contributed by atoms with Gasteiger partial charge in [-0.3, -0.25) is 14.2 Å². The Bertz CT molecular complexity index is 1050. The molecule has 0 fully saturated rings. The van der Waals surface area contributed by atoms with Crippen LogP contribution in [0.1, 0.15) is 20.3 Å². The van der Waals surface area contributed by atoms with Gasteiger partial charge in [0.2, 0.25) is 5.91 Å². The predicted octanol–water partition coefficient (Wildman–Crippen LogP) is 4.90. The third-order valence-electron chi connectivity index (χ3n) is 4.46. The molecule has 0 radical (unpaired) electrons. The van der Waals surface area contributed by atoms with Crippen LogP contribution in [0.4, 0.5) is 5.69 Å². The van der Waals surface area contributed by atoms with E-state index in [1.54, 1.807) is 22.4 Å². The van der Waals surface area contributed by atoms with Crippen LogP contribution in [0.3, 0.4) is 0 Å². The zero-order valence-electron chi connectivity index (χ0n) is 16.8. The van der Waals surface area contributed by atoms with Gasteiger partial charge in [0.25, 0.3) is 5.56 Å². The molecule has 5 nitrogen and oxygen atoms in total. The number of anilines is 1. The van der Waals surface area contributed by atoms with E-state index < -0.39 is 0 Å². The highest BCUT2D eigenvalue weighted by atomic mass is 32.2. The van der Waals surface area contributed by atoms with Crippen LogP contribution in [0.15, 0.2) is 63.4 Å². The van der Waals surface area contributed by atoms with Crippen molar-refractivity contribution in [1.29, 1.82) is 0 Å². The summed E-state index contributed by atoms with van der Waals surface area (Å²) in [5, 5.41) is 4.10. The molecule has 0 aliphatic rings. The molecule has 3 rings (SSSR count). The highest BCUT2D eigenvalue weighted by Crippen LogP contribution is 2.21. The minimum Gasteiger partial charge on any atom is -0.325 e. The summed E-state index contributed by atoms with van der Waals surface area (Å²) in [5.74, 6) is 0.542. The van der Waals surface area contributed by atoms with E-state index in [0.717, 1.165) is 17.0 Å². The normalized spacial score (nSPS) is 11.2. The first-order valence-corrected chi connectivity index (χ1v) is 11.7. The van der Waals surface area contributed by atoms with Crippen LogP contribution >= 0.6 is 23.5 Å². The number of rotatable bonds is 8. The molecule has 3 aromatic rings. The Kier molecular flexibility index (Phi) is 7.39. The molecule has 1 amide bonds. The lowest BCUT2D eigenvalue weighted by molar-refractivity contribution is -0.113. The monoisotopic (exact) mass is 427 g/mol. The Hall–Kier alpha value is -2.25. The van der Waals surface area contributed by atoms with Gasteiger partial charge < -0.3 is 5.32 Å². The van der Waals surface area contributed by atoms with Crippen molar-refractivity contribution < 1.29 is 4.79 Å². The summed E-state index contributed by atoms with van der Waals surface area (Å²) in [7, 11) is 0. The summed E-state index contributed by atoms with van der Waals surface area (Å²) < 4.78 is 1.70. The average molecular weight is 428 g/mol. The highest BCUT2D eigenvalue weighted by Gasteiger charge is 2.14. The average Bonchev–Trinajstić information content (AvgIpc) is 2.72. The van der Waals surface area contributed by atoms with Crippen LogP contribution in [-0.4, -0.2) is 27.5 Å². The van der Waals surface area contributed by atoms with E-state index in [0.29, 0.717) is 28.5 Å². The van der Waals surface area contributed by atoms with Crippen molar-refractivity contribution in [2.24, 2.45) is 5.92 Å². The summed E-state index contributed by atoms with van der Waals surface area (Å²) in [6.07, 6.45) is 2.89. The largest absolute Gasteiger partial charge is 0.325 e. The molecule has 1 N–H and O–H groups in total. The molecule has 0 saturated heterocycles. The fourth-order valence-electron chi connectivity index (χ4n) is 2.84. The highest BCUT2D eigenvalue weighted by molar-refractivity contribution is 7.99. The number of benzene rings is 2. The van der Waals surface area contributed by atoms with E-state index in [2.05, 4.69) is 24.1 Å². The van der Waals surface area contributed by atoms with Crippen molar-refractivity contribution in [2.75, 3.05) is 17.3 Å². The Morgan fingerprint density at radius 1 is 1.14 bits per heavy atom. The summed E-state index contributed by atoms with van der Waals surface area (Å²) in [6, 6.07) is 15.1. The molecule has 152 valence electrons. The summed E-state index contributed by atoms with van der Waals surface area (Å²) in [5.41, 5.74) is 1.37. The van der Waals surface area contributed by atoms with Gasteiger partial charge in [-0.15, -0.1) is 11.8 Å². The van der Waals surface area contributed by atoms with Gasteiger partial charge in [0.1, 0.15) is 0 Å². The van der Waals surface area contributed by atoms with Crippen LogP contribution in [0.2, 0.25) is 0 Å². The van der Waals surface area contributed by atoms with Gasteiger partial charge in [-0.05, 0) is 55.0 Å². The zero-order chi connectivity index (χ0) is 20.8.